The van der Waals surface area contributed by atoms with E-state index in [0.717, 1.165) is 29.5 Å². The van der Waals surface area contributed by atoms with Gasteiger partial charge >= 0.3 is 0 Å². The highest BCUT2D eigenvalue weighted by atomic mass is 32.1. The number of rotatable bonds is 5. The molecule has 29 heavy (non-hydrogen) atoms. The average Bonchev–Trinajstić information content (AvgIpc) is 3.20. The molecule has 2 aromatic carbocycles. The molecule has 0 saturated carbocycles. The van der Waals surface area contributed by atoms with Gasteiger partial charge in [-0.3, -0.25) is 4.79 Å². The van der Waals surface area contributed by atoms with Crippen LogP contribution in [0.25, 0.3) is 10.2 Å². The summed E-state index contributed by atoms with van der Waals surface area (Å²) in [6, 6.07) is 11.6. The Hall–Kier alpha value is -2.80. The molecule has 1 aliphatic heterocycles. The molecule has 1 aliphatic rings. The Bertz CT molecular complexity index is 1010. The fraction of sp³-hybridized carbons (Fsp3) is 0.364. The summed E-state index contributed by atoms with van der Waals surface area (Å²) < 4.78 is 12.0. The fourth-order valence-electron chi connectivity index (χ4n) is 3.41. The van der Waals surface area contributed by atoms with E-state index in [0.29, 0.717) is 18.8 Å². The van der Waals surface area contributed by atoms with Crippen LogP contribution in [-0.2, 0) is 4.79 Å². The van der Waals surface area contributed by atoms with E-state index in [1.807, 2.05) is 17.0 Å². The molecular weight excluding hydrogens is 386 g/mol. The van der Waals surface area contributed by atoms with E-state index in [9.17, 15) is 4.79 Å². The number of anilines is 1. The van der Waals surface area contributed by atoms with Crippen molar-refractivity contribution in [3.8, 4) is 11.5 Å². The van der Waals surface area contributed by atoms with Gasteiger partial charge in [0.1, 0.15) is 11.5 Å². The number of hydrogen-bond acceptors (Lipinski definition) is 6. The third-order valence-corrected chi connectivity index (χ3v) is 6.48. The smallest absolute Gasteiger partial charge is 0.260 e. The highest BCUT2D eigenvalue weighted by Crippen LogP contribution is 2.32. The van der Waals surface area contributed by atoms with Crippen molar-refractivity contribution < 1.29 is 14.3 Å². The standard InChI is InChI=1S/C22H25N3O3S/c1-15-4-9-19-21(16(15)2)23-22(29-19)25-12-10-24(11-13-25)20(26)14-28-18-7-5-17(27-3)6-8-18/h4-9H,10-14H2,1-3H3. The van der Waals surface area contributed by atoms with Crippen LogP contribution in [0.3, 0.4) is 0 Å². The highest BCUT2D eigenvalue weighted by Gasteiger charge is 2.23. The number of aryl methyl sites for hydroxylation is 2. The van der Waals surface area contributed by atoms with Gasteiger partial charge in [0, 0.05) is 26.2 Å². The van der Waals surface area contributed by atoms with Gasteiger partial charge in [-0.25, -0.2) is 4.98 Å². The number of nitrogens with zero attached hydrogens (tertiary/aromatic N) is 3. The van der Waals surface area contributed by atoms with E-state index in [-0.39, 0.29) is 12.5 Å². The molecule has 0 radical (unpaired) electrons. The summed E-state index contributed by atoms with van der Waals surface area (Å²) in [5.41, 5.74) is 3.60. The zero-order valence-electron chi connectivity index (χ0n) is 17.0. The van der Waals surface area contributed by atoms with Crippen LogP contribution >= 0.6 is 11.3 Å². The number of carbonyl (C=O) groups is 1. The highest BCUT2D eigenvalue weighted by molar-refractivity contribution is 7.22. The minimum Gasteiger partial charge on any atom is -0.497 e. The molecule has 7 heteroatoms. The predicted molar refractivity (Wildman–Crippen MR) is 116 cm³/mol. The van der Waals surface area contributed by atoms with E-state index in [4.69, 9.17) is 14.5 Å². The number of methoxy groups -OCH3 is 1. The van der Waals surface area contributed by atoms with E-state index in [1.165, 1.54) is 15.8 Å². The van der Waals surface area contributed by atoms with Crippen molar-refractivity contribution in [1.29, 1.82) is 0 Å². The van der Waals surface area contributed by atoms with Crippen LogP contribution in [0, 0.1) is 13.8 Å². The Balaban J connectivity index is 1.32. The quantitative estimate of drug-likeness (QED) is 0.642. The van der Waals surface area contributed by atoms with Gasteiger partial charge in [-0.05, 0) is 55.3 Å². The van der Waals surface area contributed by atoms with Crippen molar-refractivity contribution in [3.05, 3.63) is 47.5 Å². The maximum absolute atomic E-state index is 12.5. The number of piperazine rings is 1. The molecule has 0 aliphatic carbocycles. The Morgan fingerprint density at radius 3 is 2.41 bits per heavy atom. The number of ether oxygens (including phenoxy) is 2. The zero-order valence-corrected chi connectivity index (χ0v) is 17.8. The molecule has 152 valence electrons. The maximum atomic E-state index is 12.5. The van der Waals surface area contributed by atoms with Crippen LogP contribution in [0.15, 0.2) is 36.4 Å². The summed E-state index contributed by atoms with van der Waals surface area (Å²) in [6.07, 6.45) is 0. The number of benzene rings is 2. The molecule has 1 saturated heterocycles. The SMILES string of the molecule is COc1ccc(OCC(=O)N2CCN(c3nc4c(C)c(C)ccc4s3)CC2)cc1. The van der Waals surface area contributed by atoms with Gasteiger partial charge in [0.2, 0.25) is 0 Å². The molecule has 1 aromatic heterocycles. The second-order valence-electron chi connectivity index (χ2n) is 7.18. The Kier molecular flexibility index (Phi) is 5.58. The van der Waals surface area contributed by atoms with Crippen LogP contribution < -0.4 is 14.4 Å². The molecular formula is C22H25N3O3S. The summed E-state index contributed by atoms with van der Waals surface area (Å²) in [4.78, 5) is 21.5. The lowest BCUT2D eigenvalue weighted by Crippen LogP contribution is -2.50. The molecule has 0 N–H and O–H groups in total. The number of aromatic nitrogens is 1. The Labute approximate surface area is 174 Å². The van der Waals surface area contributed by atoms with Gasteiger partial charge in [-0.2, -0.15) is 0 Å². The Morgan fingerprint density at radius 2 is 1.72 bits per heavy atom. The van der Waals surface area contributed by atoms with Crippen LogP contribution in [0.2, 0.25) is 0 Å². The molecule has 0 atom stereocenters. The molecule has 1 amide bonds. The van der Waals surface area contributed by atoms with E-state index < -0.39 is 0 Å². The monoisotopic (exact) mass is 411 g/mol. The number of hydrogen-bond donors (Lipinski definition) is 0. The van der Waals surface area contributed by atoms with Gasteiger partial charge in [-0.15, -0.1) is 0 Å². The average molecular weight is 412 g/mol. The van der Waals surface area contributed by atoms with Crippen molar-refractivity contribution in [2.45, 2.75) is 13.8 Å². The van der Waals surface area contributed by atoms with Crippen LogP contribution in [0.1, 0.15) is 11.1 Å². The number of thiazole rings is 1. The van der Waals surface area contributed by atoms with Crippen LogP contribution in [-0.4, -0.2) is 55.7 Å². The lowest BCUT2D eigenvalue weighted by molar-refractivity contribution is -0.133. The van der Waals surface area contributed by atoms with E-state index in [2.05, 4.69) is 30.9 Å². The van der Waals surface area contributed by atoms with Gasteiger partial charge in [0.25, 0.3) is 5.91 Å². The molecule has 0 bridgehead atoms. The topological polar surface area (TPSA) is 54.9 Å². The van der Waals surface area contributed by atoms with Crippen molar-refractivity contribution in [3.63, 3.8) is 0 Å². The minimum atomic E-state index is 0.0104. The van der Waals surface area contributed by atoms with Crippen molar-refractivity contribution in [2.24, 2.45) is 0 Å². The Morgan fingerprint density at radius 1 is 1.03 bits per heavy atom. The molecule has 1 fully saturated rings. The number of fused-ring (bicyclic) bond motifs is 1. The van der Waals surface area contributed by atoms with Gasteiger partial charge in [-0.1, -0.05) is 17.4 Å². The zero-order chi connectivity index (χ0) is 20.4. The van der Waals surface area contributed by atoms with Crippen LogP contribution in [0.5, 0.6) is 11.5 Å². The molecule has 0 spiro atoms. The van der Waals surface area contributed by atoms with Gasteiger partial charge in [0.15, 0.2) is 11.7 Å². The molecule has 2 heterocycles. The number of carbonyl (C=O) groups excluding carboxylic acids is 1. The second-order valence-corrected chi connectivity index (χ2v) is 8.19. The summed E-state index contributed by atoms with van der Waals surface area (Å²) in [5.74, 6) is 1.44. The van der Waals surface area contributed by atoms with Crippen molar-refractivity contribution >= 4 is 32.6 Å². The van der Waals surface area contributed by atoms with E-state index >= 15 is 0 Å². The first kappa shape index (κ1) is 19.5. The van der Waals surface area contributed by atoms with Crippen LogP contribution in [0.4, 0.5) is 5.13 Å². The molecule has 4 rings (SSSR count). The first-order chi connectivity index (χ1) is 14.0. The fourth-order valence-corrected chi connectivity index (χ4v) is 4.48. The number of amides is 1. The lowest BCUT2D eigenvalue weighted by atomic mass is 10.1. The molecule has 3 aromatic rings. The van der Waals surface area contributed by atoms with Crippen molar-refractivity contribution in [2.75, 3.05) is 44.8 Å². The van der Waals surface area contributed by atoms with E-state index in [1.54, 1.807) is 30.6 Å². The largest absolute Gasteiger partial charge is 0.497 e. The maximum Gasteiger partial charge on any atom is 0.260 e. The van der Waals surface area contributed by atoms with Crippen molar-refractivity contribution in [1.82, 2.24) is 9.88 Å². The predicted octanol–water partition coefficient (Wildman–Crippen LogP) is 3.65. The molecule has 0 unspecified atom stereocenters. The summed E-state index contributed by atoms with van der Waals surface area (Å²) in [5, 5.41) is 1.04. The lowest BCUT2D eigenvalue weighted by Gasteiger charge is -2.34. The summed E-state index contributed by atoms with van der Waals surface area (Å²) in [7, 11) is 1.62. The second kappa shape index (κ2) is 8.29. The minimum absolute atomic E-state index is 0.0104. The normalized spacial score (nSPS) is 14.3. The summed E-state index contributed by atoms with van der Waals surface area (Å²) >= 11 is 1.72. The van der Waals surface area contributed by atoms with Gasteiger partial charge in [0.05, 0.1) is 17.3 Å². The molecule has 6 nitrogen and oxygen atoms in total. The first-order valence-corrected chi connectivity index (χ1v) is 10.5. The van der Waals surface area contributed by atoms with Gasteiger partial charge < -0.3 is 19.3 Å². The third kappa shape index (κ3) is 4.15. The third-order valence-electron chi connectivity index (χ3n) is 5.40. The summed E-state index contributed by atoms with van der Waals surface area (Å²) in [6.45, 7) is 7.22. The first-order valence-electron chi connectivity index (χ1n) is 9.71.